The van der Waals surface area contributed by atoms with E-state index in [0.717, 1.165) is 17.5 Å². The molecule has 1 fully saturated rings. The molecule has 1 aliphatic carbocycles. The Bertz CT molecular complexity index is 700. The van der Waals surface area contributed by atoms with Gasteiger partial charge in [0.05, 0.1) is 6.07 Å². The molecule has 1 saturated carbocycles. The van der Waals surface area contributed by atoms with Crippen LogP contribution in [-0.4, -0.2) is 10.8 Å². The molecular weight excluding hydrogens is 308 g/mol. The summed E-state index contributed by atoms with van der Waals surface area (Å²) >= 11 is 0. The van der Waals surface area contributed by atoms with E-state index in [0.29, 0.717) is 30.1 Å². The third kappa shape index (κ3) is 3.63. The Morgan fingerprint density at radius 1 is 1.32 bits per heavy atom. The smallest absolute Gasteiger partial charge is 0.228 e. The van der Waals surface area contributed by atoms with Crippen molar-refractivity contribution in [2.24, 2.45) is 23.7 Å². The number of benzene rings is 1. The van der Waals surface area contributed by atoms with Crippen molar-refractivity contribution in [3.63, 3.8) is 0 Å². The van der Waals surface area contributed by atoms with E-state index >= 15 is 0 Å². The van der Waals surface area contributed by atoms with Crippen LogP contribution in [0.3, 0.4) is 0 Å². The van der Waals surface area contributed by atoms with Crippen LogP contribution in [0.25, 0.3) is 6.08 Å². The van der Waals surface area contributed by atoms with Crippen LogP contribution in [0.1, 0.15) is 63.6 Å². The van der Waals surface area contributed by atoms with E-state index in [1.54, 1.807) is 11.1 Å². The SMILES string of the molecule is CC(C)[C@H]1CC[C@H](C)C[C@@H]1CC(=O)N1C=Cc2ccccc2[C@@H]1C#N. The Balaban J connectivity index is 1.78. The molecule has 0 radical (unpaired) electrons. The minimum atomic E-state index is -0.507. The van der Waals surface area contributed by atoms with Gasteiger partial charge in [0.25, 0.3) is 0 Å². The molecule has 1 amide bonds. The average molecular weight is 336 g/mol. The first-order valence-corrected chi connectivity index (χ1v) is 9.49. The van der Waals surface area contributed by atoms with Crippen molar-refractivity contribution in [1.82, 2.24) is 4.90 Å². The highest BCUT2D eigenvalue weighted by molar-refractivity contribution is 5.81. The fourth-order valence-electron chi connectivity index (χ4n) is 4.63. The van der Waals surface area contributed by atoms with E-state index in [4.69, 9.17) is 0 Å². The highest BCUT2D eigenvalue weighted by Crippen LogP contribution is 2.41. The van der Waals surface area contributed by atoms with Crippen molar-refractivity contribution in [2.75, 3.05) is 0 Å². The normalized spacial score (nSPS) is 28.5. The Kier molecular flexibility index (Phi) is 5.27. The van der Waals surface area contributed by atoms with Crippen molar-refractivity contribution >= 4 is 12.0 Å². The number of rotatable bonds is 3. The fourth-order valence-corrected chi connectivity index (χ4v) is 4.63. The molecule has 0 unspecified atom stereocenters. The molecule has 132 valence electrons. The van der Waals surface area contributed by atoms with Crippen molar-refractivity contribution in [3.05, 3.63) is 41.6 Å². The molecule has 0 saturated heterocycles. The van der Waals surface area contributed by atoms with E-state index < -0.39 is 6.04 Å². The van der Waals surface area contributed by atoms with Gasteiger partial charge in [-0.3, -0.25) is 9.69 Å². The van der Waals surface area contributed by atoms with Crippen LogP contribution in [-0.2, 0) is 4.79 Å². The summed E-state index contributed by atoms with van der Waals surface area (Å²) in [6, 6.07) is 9.66. The van der Waals surface area contributed by atoms with Gasteiger partial charge in [0, 0.05) is 12.6 Å². The molecule has 1 heterocycles. The van der Waals surface area contributed by atoms with Crippen LogP contribution in [0.5, 0.6) is 0 Å². The lowest BCUT2D eigenvalue weighted by Gasteiger charge is -2.38. The van der Waals surface area contributed by atoms with Crippen LogP contribution in [0.4, 0.5) is 0 Å². The van der Waals surface area contributed by atoms with Gasteiger partial charge in [0.1, 0.15) is 6.04 Å². The second kappa shape index (κ2) is 7.44. The van der Waals surface area contributed by atoms with Gasteiger partial charge in [-0.05, 0) is 53.7 Å². The lowest BCUT2D eigenvalue weighted by Crippen LogP contribution is -2.36. The van der Waals surface area contributed by atoms with E-state index in [2.05, 4.69) is 26.8 Å². The van der Waals surface area contributed by atoms with Crippen LogP contribution in [0, 0.1) is 35.0 Å². The maximum atomic E-state index is 13.0. The molecule has 3 heteroatoms. The summed E-state index contributed by atoms with van der Waals surface area (Å²) in [5.41, 5.74) is 1.96. The molecule has 3 rings (SSSR count). The summed E-state index contributed by atoms with van der Waals surface area (Å²) in [5.74, 6) is 2.43. The van der Waals surface area contributed by atoms with Crippen LogP contribution < -0.4 is 0 Å². The molecule has 2 aliphatic rings. The zero-order valence-electron chi connectivity index (χ0n) is 15.5. The predicted octanol–water partition coefficient (Wildman–Crippen LogP) is 5.16. The highest BCUT2D eigenvalue weighted by Gasteiger charge is 2.35. The first-order valence-electron chi connectivity index (χ1n) is 9.49. The molecule has 0 spiro atoms. The number of fused-ring (bicyclic) bond motifs is 1. The van der Waals surface area contributed by atoms with Gasteiger partial charge in [0.15, 0.2) is 0 Å². The van der Waals surface area contributed by atoms with Crippen molar-refractivity contribution in [3.8, 4) is 6.07 Å². The first kappa shape index (κ1) is 17.7. The van der Waals surface area contributed by atoms with Gasteiger partial charge in [-0.25, -0.2) is 0 Å². The van der Waals surface area contributed by atoms with Gasteiger partial charge in [0.2, 0.25) is 5.91 Å². The monoisotopic (exact) mass is 336 g/mol. The lowest BCUT2D eigenvalue weighted by molar-refractivity contribution is -0.131. The molecule has 0 N–H and O–H groups in total. The lowest BCUT2D eigenvalue weighted by atomic mass is 9.69. The van der Waals surface area contributed by atoms with E-state index in [-0.39, 0.29) is 5.91 Å². The number of carbonyl (C=O) groups excluding carboxylic acids is 1. The van der Waals surface area contributed by atoms with Gasteiger partial charge in [-0.1, -0.05) is 51.5 Å². The van der Waals surface area contributed by atoms with E-state index in [9.17, 15) is 10.1 Å². The summed E-state index contributed by atoms with van der Waals surface area (Å²) in [6.45, 7) is 6.84. The molecule has 1 aliphatic heterocycles. The van der Waals surface area contributed by atoms with Gasteiger partial charge < -0.3 is 0 Å². The number of hydrogen-bond donors (Lipinski definition) is 0. The number of nitrogens with zero attached hydrogens (tertiary/aromatic N) is 2. The Morgan fingerprint density at radius 2 is 2.08 bits per heavy atom. The Morgan fingerprint density at radius 3 is 2.80 bits per heavy atom. The van der Waals surface area contributed by atoms with Gasteiger partial charge in [-0.2, -0.15) is 5.26 Å². The maximum absolute atomic E-state index is 13.0. The third-order valence-corrected chi connectivity index (χ3v) is 5.99. The van der Waals surface area contributed by atoms with Crippen LogP contribution >= 0.6 is 0 Å². The standard InChI is InChI=1S/C22H28N2O/c1-15(2)19-9-8-16(3)12-18(19)13-22(25)24-11-10-17-6-4-5-7-20(17)21(24)14-23/h4-7,10-11,15-16,18-19,21H,8-9,12-13H2,1-3H3/t16-,18+,19+,21-/m0/s1. The molecule has 25 heavy (non-hydrogen) atoms. The summed E-state index contributed by atoms with van der Waals surface area (Å²) in [7, 11) is 0. The molecule has 4 atom stereocenters. The fraction of sp³-hybridized carbons (Fsp3) is 0.545. The summed E-state index contributed by atoms with van der Waals surface area (Å²) in [6.07, 6.45) is 7.92. The number of nitriles is 1. The molecular formula is C22H28N2O. The quantitative estimate of drug-likeness (QED) is 0.765. The molecule has 0 bridgehead atoms. The second-order valence-corrected chi connectivity index (χ2v) is 8.07. The zero-order valence-corrected chi connectivity index (χ0v) is 15.5. The summed E-state index contributed by atoms with van der Waals surface area (Å²) in [5, 5.41) is 9.67. The van der Waals surface area contributed by atoms with Gasteiger partial charge in [-0.15, -0.1) is 0 Å². The largest absolute Gasteiger partial charge is 0.298 e. The average Bonchev–Trinajstić information content (AvgIpc) is 2.60. The zero-order chi connectivity index (χ0) is 18.0. The molecule has 0 aromatic heterocycles. The second-order valence-electron chi connectivity index (χ2n) is 8.07. The Hall–Kier alpha value is -2.08. The van der Waals surface area contributed by atoms with Crippen molar-refractivity contribution in [1.29, 1.82) is 5.26 Å². The van der Waals surface area contributed by atoms with Gasteiger partial charge >= 0.3 is 0 Å². The van der Waals surface area contributed by atoms with Crippen molar-refractivity contribution in [2.45, 2.75) is 52.5 Å². The number of amides is 1. The third-order valence-electron chi connectivity index (χ3n) is 5.99. The molecule has 1 aromatic carbocycles. The van der Waals surface area contributed by atoms with E-state index in [1.165, 1.54) is 12.8 Å². The molecule has 1 aromatic rings. The predicted molar refractivity (Wildman–Crippen MR) is 100 cm³/mol. The number of carbonyl (C=O) groups is 1. The van der Waals surface area contributed by atoms with Crippen LogP contribution in [0.15, 0.2) is 30.5 Å². The topological polar surface area (TPSA) is 44.1 Å². The summed E-state index contributed by atoms with van der Waals surface area (Å²) in [4.78, 5) is 14.7. The number of hydrogen-bond acceptors (Lipinski definition) is 2. The van der Waals surface area contributed by atoms with Crippen molar-refractivity contribution < 1.29 is 4.79 Å². The first-order chi connectivity index (χ1) is 12.0. The molecule has 3 nitrogen and oxygen atoms in total. The van der Waals surface area contributed by atoms with Crippen LogP contribution in [0.2, 0.25) is 0 Å². The summed E-state index contributed by atoms with van der Waals surface area (Å²) < 4.78 is 0. The highest BCUT2D eigenvalue weighted by atomic mass is 16.2. The minimum Gasteiger partial charge on any atom is -0.298 e. The minimum absolute atomic E-state index is 0.0852. The van der Waals surface area contributed by atoms with E-state index in [1.807, 2.05) is 30.3 Å². The Labute approximate surface area is 151 Å². The maximum Gasteiger partial charge on any atom is 0.228 e.